The van der Waals surface area contributed by atoms with Gasteiger partial charge < -0.3 is 16.0 Å². The number of carbonyl (C=O) groups is 2. The van der Waals surface area contributed by atoms with Crippen molar-refractivity contribution >= 4 is 47.4 Å². The molecule has 0 heterocycles. The topological polar surface area (TPSA) is 75.4 Å². The van der Waals surface area contributed by atoms with E-state index in [0.717, 1.165) is 5.56 Å². The zero-order valence-electron chi connectivity index (χ0n) is 11.7. The lowest BCUT2D eigenvalue weighted by Gasteiger charge is -2.26. The predicted molar refractivity (Wildman–Crippen MR) is 87.0 cm³/mol. The summed E-state index contributed by atoms with van der Waals surface area (Å²) in [5.74, 6) is -0.603. The fraction of sp³-hybridized carbons (Fsp3) is 0.385. The number of hydrogen-bond donors (Lipinski definition) is 2. The third-order valence-electron chi connectivity index (χ3n) is 3.01. The molecule has 1 rings (SSSR count). The van der Waals surface area contributed by atoms with Crippen molar-refractivity contribution in [3.8, 4) is 0 Å². The molecule has 0 radical (unpaired) electrons. The number of hydrogen-bond acceptors (Lipinski definition) is 3. The lowest BCUT2D eigenvalue weighted by Crippen LogP contribution is -2.41. The first-order valence-electron chi connectivity index (χ1n) is 6.04. The van der Waals surface area contributed by atoms with Crippen LogP contribution in [0.2, 0.25) is 10.0 Å². The van der Waals surface area contributed by atoms with E-state index in [1.54, 1.807) is 25.2 Å². The fourth-order valence-electron chi connectivity index (χ4n) is 1.64. The van der Waals surface area contributed by atoms with E-state index in [9.17, 15) is 9.59 Å². The largest absolute Gasteiger partial charge is 0.346 e. The highest BCUT2D eigenvalue weighted by atomic mass is 35.5. The van der Waals surface area contributed by atoms with Gasteiger partial charge in [-0.2, -0.15) is 0 Å². The van der Waals surface area contributed by atoms with Crippen molar-refractivity contribution in [1.82, 2.24) is 10.2 Å². The molecule has 0 bridgehead atoms. The van der Waals surface area contributed by atoms with Crippen LogP contribution in [0.4, 0.5) is 0 Å². The average Bonchev–Trinajstić information content (AvgIpc) is 2.42. The normalized spacial score (nSPS) is 11.3. The number of likely N-dealkylation sites (N-methyl/N-ethyl adjacent to an activating group) is 1. The minimum absolute atomic E-state index is 0. The van der Waals surface area contributed by atoms with E-state index in [-0.39, 0.29) is 43.4 Å². The molecule has 0 aliphatic rings. The van der Waals surface area contributed by atoms with Crippen molar-refractivity contribution in [2.75, 3.05) is 20.1 Å². The van der Waals surface area contributed by atoms with Gasteiger partial charge in [-0.05, 0) is 24.6 Å². The monoisotopic (exact) mass is 353 g/mol. The Morgan fingerprint density at radius 2 is 2.00 bits per heavy atom. The molecule has 0 aliphatic heterocycles. The van der Waals surface area contributed by atoms with Gasteiger partial charge in [0.2, 0.25) is 11.8 Å². The second-order valence-electron chi connectivity index (χ2n) is 4.33. The Hall–Kier alpha value is -1.01. The predicted octanol–water partition coefficient (Wildman–Crippen LogP) is 2.01. The van der Waals surface area contributed by atoms with Crippen LogP contribution < -0.4 is 11.1 Å². The number of nitrogens with zero attached hydrogens (tertiary/aromatic N) is 1. The number of carbonyl (C=O) groups excluding carboxylic acids is 2. The summed E-state index contributed by atoms with van der Waals surface area (Å²) >= 11 is 12.0. The van der Waals surface area contributed by atoms with Crippen molar-refractivity contribution in [3.05, 3.63) is 33.8 Å². The molecule has 0 saturated heterocycles. The van der Waals surface area contributed by atoms with E-state index < -0.39 is 0 Å². The van der Waals surface area contributed by atoms with E-state index in [0.29, 0.717) is 10.0 Å². The summed E-state index contributed by atoms with van der Waals surface area (Å²) in [5.41, 5.74) is 5.94. The number of amides is 2. The molecule has 2 amide bonds. The van der Waals surface area contributed by atoms with Gasteiger partial charge in [-0.15, -0.1) is 12.4 Å². The number of halogens is 3. The molecule has 0 aliphatic carbocycles. The van der Waals surface area contributed by atoms with Gasteiger partial charge in [0.1, 0.15) is 0 Å². The van der Waals surface area contributed by atoms with Crippen molar-refractivity contribution in [3.63, 3.8) is 0 Å². The first kappa shape index (κ1) is 20.0. The van der Waals surface area contributed by atoms with Crippen LogP contribution in [0.15, 0.2) is 18.2 Å². The van der Waals surface area contributed by atoms with Crippen LogP contribution in [0.5, 0.6) is 0 Å². The van der Waals surface area contributed by atoms with Crippen molar-refractivity contribution in [2.24, 2.45) is 5.73 Å². The Morgan fingerprint density at radius 3 is 2.52 bits per heavy atom. The summed E-state index contributed by atoms with van der Waals surface area (Å²) in [6.45, 7) is 1.61. The highest BCUT2D eigenvalue weighted by Gasteiger charge is 2.19. The first-order chi connectivity index (χ1) is 9.36. The van der Waals surface area contributed by atoms with Crippen LogP contribution in [0.25, 0.3) is 0 Å². The van der Waals surface area contributed by atoms with Crippen LogP contribution in [-0.4, -0.2) is 36.9 Å². The van der Waals surface area contributed by atoms with Gasteiger partial charge in [-0.25, -0.2) is 0 Å². The molecule has 1 atom stereocenters. The Morgan fingerprint density at radius 1 is 1.38 bits per heavy atom. The quantitative estimate of drug-likeness (QED) is 0.849. The Kier molecular flexibility index (Phi) is 8.66. The van der Waals surface area contributed by atoms with E-state index in [4.69, 9.17) is 28.9 Å². The van der Waals surface area contributed by atoms with Crippen LogP contribution in [0.3, 0.4) is 0 Å². The van der Waals surface area contributed by atoms with E-state index in [2.05, 4.69) is 5.32 Å². The van der Waals surface area contributed by atoms with Crippen molar-refractivity contribution < 1.29 is 9.59 Å². The maximum absolute atomic E-state index is 12.0. The molecule has 8 heteroatoms. The zero-order valence-corrected chi connectivity index (χ0v) is 14.1. The summed E-state index contributed by atoms with van der Waals surface area (Å²) in [5, 5.41) is 3.47. The molecule has 3 N–H and O–H groups in total. The van der Waals surface area contributed by atoms with Gasteiger partial charge in [0, 0.05) is 17.1 Å². The molecule has 118 valence electrons. The molecule has 0 spiro atoms. The summed E-state index contributed by atoms with van der Waals surface area (Å²) in [4.78, 5) is 24.5. The molecule has 0 fully saturated rings. The van der Waals surface area contributed by atoms with Crippen LogP contribution >= 0.6 is 35.6 Å². The van der Waals surface area contributed by atoms with Gasteiger partial charge in [0.25, 0.3) is 0 Å². The maximum Gasteiger partial charge on any atom is 0.242 e. The van der Waals surface area contributed by atoms with E-state index in [1.165, 1.54) is 4.90 Å². The van der Waals surface area contributed by atoms with Crippen molar-refractivity contribution in [2.45, 2.75) is 13.0 Å². The third-order valence-corrected chi connectivity index (χ3v) is 3.57. The minimum atomic E-state index is -0.371. The highest BCUT2D eigenvalue weighted by molar-refractivity contribution is 6.35. The lowest BCUT2D eigenvalue weighted by molar-refractivity contribution is -0.133. The van der Waals surface area contributed by atoms with Gasteiger partial charge >= 0.3 is 0 Å². The molecule has 5 nitrogen and oxygen atoms in total. The van der Waals surface area contributed by atoms with Crippen molar-refractivity contribution in [1.29, 1.82) is 0 Å². The first-order valence-corrected chi connectivity index (χ1v) is 6.79. The van der Waals surface area contributed by atoms with Gasteiger partial charge in [0.05, 0.1) is 19.1 Å². The summed E-state index contributed by atoms with van der Waals surface area (Å²) in [6, 6.07) is 4.89. The van der Waals surface area contributed by atoms with E-state index in [1.807, 2.05) is 6.92 Å². The SMILES string of the molecule is CC(c1ccc(Cl)cc1Cl)N(C)C(=O)CNC(=O)CN.Cl. The summed E-state index contributed by atoms with van der Waals surface area (Å²) in [7, 11) is 1.65. The van der Waals surface area contributed by atoms with Crippen LogP contribution in [-0.2, 0) is 9.59 Å². The molecule has 0 aromatic heterocycles. The average molecular weight is 355 g/mol. The Bertz CT molecular complexity index is 511. The third kappa shape index (κ3) is 5.71. The van der Waals surface area contributed by atoms with E-state index >= 15 is 0 Å². The fourth-order valence-corrected chi connectivity index (χ4v) is 2.20. The molecule has 1 aromatic rings. The molecule has 1 unspecified atom stereocenters. The summed E-state index contributed by atoms with van der Waals surface area (Å²) in [6.07, 6.45) is 0. The Labute approximate surface area is 140 Å². The second-order valence-corrected chi connectivity index (χ2v) is 5.17. The number of rotatable bonds is 5. The Balaban J connectivity index is 0.00000400. The lowest BCUT2D eigenvalue weighted by atomic mass is 10.1. The summed E-state index contributed by atoms with van der Waals surface area (Å²) < 4.78 is 0. The number of nitrogens with two attached hydrogens (primary N) is 1. The molecular weight excluding hydrogens is 337 g/mol. The molecular formula is C13H18Cl3N3O2. The highest BCUT2D eigenvalue weighted by Crippen LogP contribution is 2.28. The van der Waals surface area contributed by atoms with Gasteiger partial charge in [-0.3, -0.25) is 9.59 Å². The minimum Gasteiger partial charge on any atom is -0.346 e. The number of benzene rings is 1. The standard InChI is InChI=1S/C13H17Cl2N3O2.ClH/c1-8(10-4-3-9(14)5-11(10)15)18(2)13(20)7-17-12(19)6-16;/h3-5,8H,6-7,16H2,1-2H3,(H,17,19);1H. The van der Waals surface area contributed by atoms with Crippen LogP contribution in [0.1, 0.15) is 18.5 Å². The molecule has 21 heavy (non-hydrogen) atoms. The molecule has 0 saturated carbocycles. The molecule has 1 aromatic carbocycles. The second kappa shape index (κ2) is 9.10. The van der Waals surface area contributed by atoms with Crippen LogP contribution in [0, 0.1) is 0 Å². The van der Waals surface area contributed by atoms with Gasteiger partial charge in [-0.1, -0.05) is 29.3 Å². The van der Waals surface area contributed by atoms with Gasteiger partial charge in [0.15, 0.2) is 0 Å². The zero-order chi connectivity index (χ0) is 15.3. The maximum atomic E-state index is 12.0. The number of nitrogens with one attached hydrogen (secondary N) is 1. The smallest absolute Gasteiger partial charge is 0.242 e.